The van der Waals surface area contributed by atoms with E-state index in [0.29, 0.717) is 11.4 Å². The van der Waals surface area contributed by atoms with Crippen LogP contribution in [0.5, 0.6) is 0 Å². The maximum absolute atomic E-state index is 12.4. The Morgan fingerprint density at radius 2 is 1.81 bits per heavy atom. The van der Waals surface area contributed by atoms with E-state index in [1.54, 1.807) is 19.0 Å². The summed E-state index contributed by atoms with van der Waals surface area (Å²) < 4.78 is 38.5. The number of anilines is 2. The second-order valence-corrected chi connectivity index (χ2v) is 7.37. The van der Waals surface area contributed by atoms with E-state index in [1.807, 2.05) is 0 Å². The van der Waals surface area contributed by atoms with Crippen LogP contribution in [0.3, 0.4) is 0 Å². The van der Waals surface area contributed by atoms with Gasteiger partial charge in [-0.25, -0.2) is 23.1 Å². The summed E-state index contributed by atoms with van der Waals surface area (Å²) in [6, 6.07) is 4.19. The Balaban J connectivity index is 2.76. The highest BCUT2D eigenvalue weighted by atomic mass is 32.2. The van der Waals surface area contributed by atoms with E-state index in [9.17, 15) is 18.0 Å². The van der Waals surface area contributed by atoms with Crippen LogP contribution in [0.15, 0.2) is 34.4 Å². The molecule has 0 bridgehead atoms. The van der Waals surface area contributed by atoms with Gasteiger partial charge in [-0.15, -0.1) is 0 Å². The quantitative estimate of drug-likeness (QED) is 0.669. The number of carbonyl (C=O) groups excluding carboxylic acids is 2. The summed E-state index contributed by atoms with van der Waals surface area (Å²) >= 11 is 0. The summed E-state index contributed by atoms with van der Waals surface area (Å²) in [6.45, 7) is -0.264. The zero-order chi connectivity index (χ0) is 20.4. The number of primary sulfonamides is 1. The lowest BCUT2D eigenvalue weighted by Crippen LogP contribution is -2.39. The van der Waals surface area contributed by atoms with Gasteiger partial charge in [-0.2, -0.15) is 0 Å². The molecule has 11 heteroatoms. The molecule has 1 aromatic carbocycles. The van der Waals surface area contributed by atoms with Crippen molar-refractivity contribution in [1.29, 1.82) is 0 Å². The van der Waals surface area contributed by atoms with Gasteiger partial charge in [0.25, 0.3) is 0 Å². The maximum Gasteiger partial charge on any atom is 0.355 e. The summed E-state index contributed by atoms with van der Waals surface area (Å²) in [5.41, 5.74) is 0.734. The Morgan fingerprint density at radius 1 is 1.19 bits per heavy atom. The first-order valence-corrected chi connectivity index (χ1v) is 9.25. The molecular weight excluding hydrogens is 378 g/mol. The Hall–Kier alpha value is -2.63. The van der Waals surface area contributed by atoms with Crippen LogP contribution >= 0.6 is 0 Å². The molecule has 0 amide bonds. The fourth-order valence-electron chi connectivity index (χ4n) is 2.61. The molecule has 0 aromatic heterocycles. The van der Waals surface area contributed by atoms with Crippen LogP contribution in [0.1, 0.15) is 0 Å². The number of carbonyl (C=O) groups is 2. The molecule has 27 heavy (non-hydrogen) atoms. The molecule has 148 valence electrons. The van der Waals surface area contributed by atoms with E-state index in [2.05, 4.69) is 0 Å². The zero-order valence-electron chi connectivity index (χ0n) is 15.4. The molecule has 0 unspecified atom stereocenters. The predicted molar refractivity (Wildman–Crippen MR) is 96.5 cm³/mol. The van der Waals surface area contributed by atoms with Crippen LogP contribution in [0, 0.1) is 0 Å². The summed E-state index contributed by atoms with van der Waals surface area (Å²) in [7, 11) is 1.83. The highest BCUT2D eigenvalue weighted by molar-refractivity contribution is 7.89. The van der Waals surface area contributed by atoms with Crippen LogP contribution < -0.4 is 14.9 Å². The average Bonchev–Trinajstić information content (AvgIpc) is 2.64. The molecule has 0 fully saturated rings. The van der Waals surface area contributed by atoms with Crippen LogP contribution in [-0.2, 0) is 33.8 Å². The minimum atomic E-state index is -3.99. The number of nitrogens with two attached hydrogens (primary N) is 1. The second kappa shape index (κ2) is 7.94. The normalized spacial score (nSPS) is 14.8. The molecule has 0 atom stereocenters. The van der Waals surface area contributed by atoms with Crippen molar-refractivity contribution in [2.45, 2.75) is 4.90 Å². The van der Waals surface area contributed by atoms with Gasteiger partial charge in [-0.1, -0.05) is 0 Å². The fourth-order valence-corrected chi connectivity index (χ4v) is 3.14. The number of rotatable bonds is 5. The lowest BCUT2D eigenvalue weighted by molar-refractivity contribution is -0.140. The lowest BCUT2D eigenvalue weighted by Gasteiger charge is -2.34. The highest BCUT2D eigenvalue weighted by Gasteiger charge is 2.34. The molecule has 1 aliphatic heterocycles. The lowest BCUT2D eigenvalue weighted by atomic mass is 10.1. The van der Waals surface area contributed by atoms with Crippen LogP contribution in [0.25, 0.3) is 0 Å². The molecule has 0 spiro atoms. The van der Waals surface area contributed by atoms with Crippen molar-refractivity contribution in [3.63, 3.8) is 0 Å². The van der Waals surface area contributed by atoms with Crippen molar-refractivity contribution in [2.75, 3.05) is 51.5 Å². The average molecular weight is 399 g/mol. The van der Waals surface area contributed by atoms with E-state index in [4.69, 9.17) is 19.3 Å². The second-order valence-electron chi connectivity index (χ2n) is 5.81. The summed E-state index contributed by atoms with van der Waals surface area (Å²) in [4.78, 5) is 27.4. The topological polar surface area (TPSA) is 128 Å². The number of esters is 2. The van der Waals surface area contributed by atoms with Gasteiger partial charge in [0.1, 0.15) is 12.4 Å². The molecule has 10 nitrogen and oxygen atoms in total. The molecule has 2 rings (SSSR count). The van der Waals surface area contributed by atoms with Gasteiger partial charge in [0.15, 0.2) is 0 Å². The third-order valence-electron chi connectivity index (χ3n) is 3.88. The smallest absolute Gasteiger partial charge is 0.355 e. The van der Waals surface area contributed by atoms with Crippen molar-refractivity contribution in [2.24, 2.45) is 5.14 Å². The van der Waals surface area contributed by atoms with Gasteiger partial charge in [0.05, 0.1) is 42.7 Å². The highest BCUT2D eigenvalue weighted by Crippen LogP contribution is 2.35. The Labute approximate surface area is 157 Å². The molecule has 1 aromatic rings. The first-order valence-electron chi connectivity index (χ1n) is 7.71. The molecule has 0 saturated carbocycles. The number of hydrogen-bond acceptors (Lipinski definition) is 9. The van der Waals surface area contributed by atoms with Crippen molar-refractivity contribution in [1.82, 2.24) is 0 Å². The first-order chi connectivity index (χ1) is 12.6. The summed E-state index contributed by atoms with van der Waals surface area (Å²) in [6.07, 6.45) is 0. The molecule has 0 aliphatic carbocycles. The maximum atomic E-state index is 12.4. The van der Waals surface area contributed by atoms with Crippen molar-refractivity contribution >= 4 is 33.3 Å². The van der Waals surface area contributed by atoms with E-state index >= 15 is 0 Å². The fraction of sp³-hybridized carbons (Fsp3) is 0.375. The van der Waals surface area contributed by atoms with Gasteiger partial charge >= 0.3 is 11.9 Å². The van der Waals surface area contributed by atoms with Gasteiger partial charge < -0.3 is 24.0 Å². The molecule has 1 aliphatic rings. The van der Waals surface area contributed by atoms with Gasteiger partial charge in [0.2, 0.25) is 10.0 Å². The number of sulfonamides is 1. The van der Waals surface area contributed by atoms with Crippen molar-refractivity contribution in [3.05, 3.63) is 29.5 Å². The molecule has 0 saturated heterocycles. The predicted octanol–water partition coefficient (Wildman–Crippen LogP) is -0.206. The largest absolute Gasteiger partial charge is 0.466 e. The van der Waals surface area contributed by atoms with Gasteiger partial charge in [-0.05, 0) is 18.2 Å². The van der Waals surface area contributed by atoms with Crippen molar-refractivity contribution in [3.8, 4) is 0 Å². The minimum Gasteiger partial charge on any atom is -0.466 e. The third kappa shape index (κ3) is 4.21. The Morgan fingerprint density at radius 3 is 2.33 bits per heavy atom. The van der Waals surface area contributed by atoms with E-state index < -0.39 is 22.0 Å². The van der Waals surface area contributed by atoms with E-state index in [-0.39, 0.29) is 29.5 Å². The van der Waals surface area contributed by atoms with E-state index in [1.165, 1.54) is 37.3 Å². The van der Waals surface area contributed by atoms with Crippen LogP contribution in [-0.4, -0.2) is 62.0 Å². The van der Waals surface area contributed by atoms with Gasteiger partial charge in [-0.3, -0.25) is 0 Å². The first kappa shape index (κ1) is 20.7. The van der Waals surface area contributed by atoms with E-state index in [0.717, 1.165) is 0 Å². The molecule has 0 radical (unpaired) electrons. The monoisotopic (exact) mass is 399 g/mol. The molecular formula is C16H21N3O7S. The number of hydrogen-bond donors (Lipinski definition) is 1. The van der Waals surface area contributed by atoms with Crippen LogP contribution in [0.4, 0.5) is 11.4 Å². The summed E-state index contributed by atoms with van der Waals surface area (Å²) in [5, 5.41) is 5.23. The number of nitrogens with zero attached hydrogens (tertiary/aromatic N) is 2. The Kier molecular flexibility index (Phi) is 6.08. The minimum absolute atomic E-state index is 0.0404. The number of methoxy groups -OCH3 is 2. The van der Waals surface area contributed by atoms with Crippen molar-refractivity contribution < 1.29 is 32.2 Å². The van der Waals surface area contributed by atoms with Crippen LogP contribution in [0.2, 0.25) is 0 Å². The zero-order valence-corrected chi connectivity index (χ0v) is 16.2. The number of benzene rings is 1. The standard InChI is InChI=1S/C16H21N3O7S/c1-18(2)12-6-5-10(27(17,22)23)7-13(12)19-9-26-8-11(15(20)24-3)14(19)16(21)25-4/h5-7H,8-9H2,1-4H3,(H2,17,22,23). The Bertz CT molecular complexity index is 893. The molecule has 1 heterocycles. The van der Waals surface area contributed by atoms with Gasteiger partial charge in [0, 0.05) is 14.1 Å². The number of ether oxygens (including phenoxy) is 3. The third-order valence-corrected chi connectivity index (χ3v) is 4.79. The molecule has 2 N–H and O–H groups in total. The SMILES string of the molecule is COC(=O)C1=C(C(=O)OC)N(c2cc(S(N)(=O)=O)ccc2N(C)C)COC1. The summed E-state index contributed by atoms with van der Waals surface area (Å²) in [5.74, 6) is -1.54.